The highest BCUT2D eigenvalue weighted by Gasteiger charge is 2.26. The molecule has 0 spiro atoms. The van der Waals surface area contributed by atoms with Gasteiger partial charge in [-0.1, -0.05) is 119 Å². The SMILES string of the molecule is CC(C)(C)c1cc(C=CN2NC=CC2c2cc(C(C)(C)C)cc(C(C)(C)C)c2)cc(C(C)(C)C)c1. The quantitative estimate of drug-likeness (QED) is 0.479. The van der Waals surface area contributed by atoms with Gasteiger partial charge in [0.25, 0.3) is 0 Å². The van der Waals surface area contributed by atoms with E-state index in [1.807, 2.05) is 0 Å². The minimum absolute atomic E-state index is 0.100. The van der Waals surface area contributed by atoms with Crippen molar-refractivity contribution < 1.29 is 0 Å². The van der Waals surface area contributed by atoms with Crippen LogP contribution in [0.25, 0.3) is 6.08 Å². The van der Waals surface area contributed by atoms with Crippen LogP contribution in [0, 0.1) is 0 Å². The number of benzene rings is 2. The van der Waals surface area contributed by atoms with Crippen molar-refractivity contribution in [2.45, 2.75) is 111 Å². The molecule has 1 unspecified atom stereocenters. The lowest BCUT2D eigenvalue weighted by Crippen LogP contribution is -2.27. The summed E-state index contributed by atoms with van der Waals surface area (Å²) in [4.78, 5) is 0. The van der Waals surface area contributed by atoms with Gasteiger partial charge < -0.3 is 5.43 Å². The third-order valence-electron chi connectivity index (χ3n) is 6.95. The molecule has 0 radical (unpaired) electrons. The second-order valence-corrected chi connectivity index (χ2v) is 14.3. The number of hydrazine groups is 1. The van der Waals surface area contributed by atoms with E-state index in [2.05, 4.69) is 154 Å². The van der Waals surface area contributed by atoms with Gasteiger partial charge in [-0.25, -0.2) is 0 Å². The molecule has 1 aliphatic rings. The minimum atomic E-state index is 0.100. The van der Waals surface area contributed by atoms with Crippen LogP contribution in [0.4, 0.5) is 0 Å². The van der Waals surface area contributed by atoms with Crippen LogP contribution >= 0.6 is 0 Å². The molecule has 3 rings (SSSR count). The van der Waals surface area contributed by atoms with Crippen molar-refractivity contribution in [3.63, 3.8) is 0 Å². The number of nitrogens with one attached hydrogen (secondary N) is 1. The molecular formula is C33H48N2. The molecule has 35 heavy (non-hydrogen) atoms. The van der Waals surface area contributed by atoms with E-state index >= 15 is 0 Å². The predicted octanol–water partition coefficient (Wildman–Crippen LogP) is 8.92. The van der Waals surface area contributed by atoms with Gasteiger partial charge in [-0.15, -0.1) is 0 Å². The zero-order valence-corrected chi connectivity index (χ0v) is 24.3. The number of hydrogen-bond donors (Lipinski definition) is 1. The van der Waals surface area contributed by atoms with Crippen LogP contribution in [0.1, 0.15) is 123 Å². The van der Waals surface area contributed by atoms with Crippen molar-refractivity contribution in [1.82, 2.24) is 10.4 Å². The average Bonchev–Trinajstić information content (AvgIpc) is 3.18. The lowest BCUT2D eigenvalue weighted by Gasteiger charge is -2.29. The summed E-state index contributed by atoms with van der Waals surface area (Å²) in [7, 11) is 0. The maximum atomic E-state index is 3.45. The molecule has 0 saturated carbocycles. The van der Waals surface area contributed by atoms with Crippen LogP contribution in [-0.4, -0.2) is 5.01 Å². The zero-order chi connectivity index (χ0) is 26.4. The molecule has 1 heterocycles. The first-order valence-corrected chi connectivity index (χ1v) is 13.1. The first kappa shape index (κ1) is 27.1. The summed E-state index contributed by atoms with van der Waals surface area (Å²) in [5, 5.41) is 2.22. The van der Waals surface area contributed by atoms with Crippen LogP contribution in [0.2, 0.25) is 0 Å². The zero-order valence-electron chi connectivity index (χ0n) is 24.3. The van der Waals surface area contributed by atoms with Gasteiger partial charge in [0, 0.05) is 12.4 Å². The fourth-order valence-electron chi connectivity index (χ4n) is 4.27. The molecule has 2 heteroatoms. The first-order valence-electron chi connectivity index (χ1n) is 13.1. The minimum Gasteiger partial charge on any atom is -0.306 e. The second-order valence-electron chi connectivity index (χ2n) is 14.3. The fraction of sp³-hybridized carbons (Fsp3) is 0.515. The van der Waals surface area contributed by atoms with Gasteiger partial charge in [-0.3, -0.25) is 5.01 Å². The normalized spacial score (nSPS) is 17.4. The Morgan fingerprint density at radius 3 is 1.40 bits per heavy atom. The van der Waals surface area contributed by atoms with Crippen molar-refractivity contribution >= 4 is 6.08 Å². The van der Waals surface area contributed by atoms with E-state index in [9.17, 15) is 0 Å². The highest BCUT2D eigenvalue weighted by molar-refractivity contribution is 5.54. The van der Waals surface area contributed by atoms with Gasteiger partial charge >= 0.3 is 0 Å². The van der Waals surface area contributed by atoms with Crippen LogP contribution in [-0.2, 0) is 21.7 Å². The van der Waals surface area contributed by atoms with Gasteiger partial charge in [-0.05, 0) is 67.2 Å². The predicted molar refractivity (Wildman–Crippen MR) is 154 cm³/mol. The van der Waals surface area contributed by atoms with E-state index in [1.165, 1.54) is 33.4 Å². The summed E-state index contributed by atoms with van der Waals surface area (Å²) < 4.78 is 0. The van der Waals surface area contributed by atoms with Gasteiger partial charge in [-0.2, -0.15) is 0 Å². The van der Waals surface area contributed by atoms with Gasteiger partial charge in [0.15, 0.2) is 0 Å². The molecule has 2 aromatic rings. The van der Waals surface area contributed by atoms with E-state index in [-0.39, 0.29) is 27.7 Å². The summed E-state index contributed by atoms with van der Waals surface area (Å²) in [6.07, 6.45) is 8.75. The Hall–Kier alpha value is -2.48. The lowest BCUT2D eigenvalue weighted by molar-refractivity contribution is 0.297. The van der Waals surface area contributed by atoms with E-state index in [0.717, 1.165) is 0 Å². The second kappa shape index (κ2) is 9.19. The Morgan fingerprint density at radius 2 is 1.00 bits per heavy atom. The van der Waals surface area contributed by atoms with Crippen LogP contribution in [0.5, 0.6) is 0 Å². The Bertz CT molecular complexity index is 1040. The van der Waals surface area contributed by atoms with Gasteiger partial charge in [0.1, 0.15) is 0 Å². The topological polar surface area (TPSA) is 15.3 Å². The van der Waals surface area contributed by atoms with E-state index in [4.69, 9.17) is 0 Å². The third kappa shape index (κ3) is 6.60. The first-order chi connectivity index (χ1) is 15.9. The molecule has 2 nitrogen and oxygen atoms in total. The highest BCUT2D eigenvalue weighted by Crippen LogP contribution is 2.35. The monoisotopic (exact) mass is 472 g/mol. The number of nitrogens with zero attached hydrogens (tertiary/aromatic N) is 1. The standard InChI is InChI=1S/C33H48N2/c1-30(2,3)25-17-23(18-26(21-25)31(4,5)6)14-16-35-29(13-15-34-35)24-19-27(32(7,8)9)22-28(20-24)33(10,11)12/h13-22,29,34H,1-12H3. The summed E-state index contributed by atoms with van der Waals surface area (Å²) in [6.45, 7) is 27.5. The van der Waals surface area contributed by atoms with E-state index in [0.29, 0.717) is 0 Å². The summed E-state index contributed by atoms with van der Waals surface area (Å²) >= 11 is 0. The molecule has 0 saturated heterocycles. The molecular weight excluding hydrogens is 424 g/mol. The maximum absolute atomic E-state index is 3.45. The van der Waals surface area contributed by atoms with Crippen molar-refractivity contribution in [2.24, 2.45) is 0 Å². The molecule has 0 bridgehead atoms. The number of hydrogen-bond acceptors (Lipinski definition) is 2. The van der Waals surface area contributed by atoms with Crippen molar-refractivity contribution in [3.8, 4) is 0 Å². The molecule has 0 aliphatic carbocycles. The van der Waals surface area contributed by atoms with Gasteiger partial charge in [0.05, 0.1) is 6.04 Å². The molecule has 1 aliphatic heterocycles. The van der Waals surface area contributed by atoms with Crippen molar-refractivity contribution in [1.29, 1.82) is 0 Å². The van der Waals surface area contributed by atoms with E-state index in [1.54, 1.807) is 0 Å². The van der Waals surface area contributed by atoms with Crippen LogP contribution < -0.4 is 5.43 Å². The smallest absolute Gasteiger partial charge is 0.0945 e. The molecule has 0 aromatic heterocycles. The molecule has 0 amide bonds. The van der Waals surface area contributed by atoms with Gasteiger partial charge in [0.2, 0.25) is 0 Å². The Kier molecular flexibility index (Phi) is 7.12. The third-order valence-corrected chi connectivity index (χ3v) is 6.95. The highest BCUT2D eigenvalue weighted by atomic mass is 15.5. The summed E-state index contributed by atoms with van der Waals surface area (Å²) in [6, 6.07) is 14.4. The average molecular weight is 473 g/mol. The fourth-order valence-corrected chi connectivity index (χ4v) is 4.27. The molecule has 1 atom stereocenters. The Labute approximate surface area is 215 Å². The lowest BCUT2D eigenvalue weighted by atomic mass is 9.79. The molecule has 2 aromatic carbocycles. The van der Waals surface area contributed by atoms with Crippen molar-refractivity contribution in [3.05, 3.63) is 88.3 Å². The van der Waals surface area contributed by atoms with Crippen LogP contribution in [0.15, 0.2) is 54.9 Å². The largest absolute Gasteiger partial charge is 0.306 e. The maximum Gasteiger partial charge on any atom is 0.0945 e. The van der Waals surface area contributed by atoms with Crippen molar-refractivity contribution in [2.75, 3.05) is 0 Å². The molecule has 0 fully saturated rings. The Balaban J connectivity index is 2.00. The molecule has 190 valence electrons. The summed E-state index contributed by atoms with van der Waals surface area (Å²) in [5.74, 6) is 0. The number of rotatable bonds is 3. The van der Waals surface area contributed by atoms with Crippen LogP contribution in [0.3, 0.4) is 0 Å². The molecule has 1 N–H and O–H groups in total. The Morgan fingerprint density at radius 1 is 0.600 bits per heavy atom. The van der Waals surface area contributed by atoms with E-state index < -0.39 is 0 Å². The summed E-state index contributed by atoms with van der Waals surface area (Å²) in [5.41, 5.74) is 12.0.